The van der Waals surface area contributed by atoms with Crippen molar-refractivity contribution in [2.24, 2.45) is 5.92 Å². The minimum absolute atomic E-state index is 0.0506. The molecule has 18 heavy (non-hydrogen) atoms. The molecule has 1 amide bonds. The van der Waals surface area contributed by atoms with Crippen molar-refractivity contribution in [1.82, 2.24) is 4.90 Å². The van der Waals surface area contributed by atoms with E-state index < -0.39 is 5.82 Å². The van der Waals surface area contributed by atoms with Crippen molar-refractivity contribution in [2.75, 3.05) is 13.1 Å². The largest absolute Gasteiger partial charge is 0.339 e. The van der Waals surface area contributed by atoms with Gasteiger partial charge in [-0.1, -0.05) is 12.1 Å². The van der Waals surface area contributed by atoms with E-state index in [2.05, 4.69) is 0 Å². The Kier molecular flexibility index (Phi) is 3.75. The lowest BCUT2D eigenvalue weighted by atomic mass is 9.93. The van der Waals surface area contributed by atoms with Gasteiger partial charge in [0.1, 0.15) is 11.6 Å². The average Bonchev–Trinajstić information content (AvgIpc) is 2.38. The van der Waals surface area contributed by atoms with Crippen LogP contribution in [0.5, 0.6) is 0 Å². The third kappa shape index (κ3) is 2.58. The first-order chi connectivity index (χ1) is 8.59. The molecule has 1 saturated heterocycles. The molecule has 1 aromatic carbocycles. The second kappa shape index (κ2) is 5.29. The summed E-state index contributed by atoms with van der Waals surface area (Å²) < 4.78 is 13.5. The molecule has 96 valence electrons. The van der Waals surface area contributed by atoms with Crippen molar-refractivity contribution >= 4 is 11.7 Å². The van der Waals surface area contributed by atoms with Crippen LogP contribution in [0, 0.1) is 11.7 Å². The Morgan fingerprint density at radius 3 is 2.39 bits per heavy atom. The van der Waals surface area contributed by atoms with Gasteiger partial charge in [-0.25, -0.2) is 4.39 Å². The predicted molar refractivity (Wildman–Crippen MR) is 65.7 cm³/mol. The van der Waals surface area contributed by atoms with Gasteiger partial charge in [-0.15, -0.1) is 0 Å². The fraction of sp³-hybridized carbons (Fsp3) is 0.429. The van der Waals surface area contributed by atoms with Crippen molar-refractivity contribution in [3.63, 3.8) is 0 Å². The lowest BCUT2D eigenvalue weighted by molar-refractivity contribution is -0.121. The van der Waals surface area contributed by atoms with Gasteiger partial charge in [0.05, 0.1) is 5.56 Å². The number of Topliss-reactive ketones (excluding diaryl/α,β-unsaturated/α-hetero) is 1. The Hall–Kier alpha value is -1.71. The summed E-state index contributed by atoms with van der Waals surface area (Å²) in [4.78, 5) is 25.0. The number of carbonyl (C=O) groups is 2. The highest BCUT2D eigenvalue weighted by molar-refractivity contribution is 5.94. The van der Waals surface area contributed by atoms with Crippen LogP contribution in [-0.4, -0.2) is 29.7 Å². The molecule has 4 heteroatoms. The van der Waals surface area contributed by atoms with Gasteiger partial charge in [-0.05, 0) is 31.9 Å². The van der Waals surface area contributed by atoms with Crippen LogP contribution in [0.1, 0.15) is 30.1 Å². The number of hydrogen-bond donors (Lipinski definition) is 0. The van der Waals surface area contributed by atoms with E-state index in [0.717, 1.165) is 0 Å². The number of halogens is 1. The van der Waals surface area contributed by atoms with E-state index >= 15 is 0 Å². The topological polar surface area (TPSA) is 37.4 Å². The molecule has 0 unspecified atom stereocenters. The first-order valence-electron chi connectivity index (χ1n) is 6.14. The lowest BCUT2D eigenvalue weighted by Crippen LogP contribution is -2.40. The van der Waals surface area contributed by atoms with Crippen molar-refractivity contribution in [3.8, 4) is 0 Å². The summed E-state index contributed by atoms with van der Waals surface area (Å²) in [6.07, 6.45) is 1.35. The molecule has 0 atom stereocenters. The molecule has 3 nitrogen and oxygen atoms in total. The molecule has 0 radical (unpaired) electrons. The van der Waals surface area contributed by atoms with E-state index in [9.17, 15) is 14.0 Å². The van der Waals surface area contributed by atoms with Crippen LogP contribution in [0.15, 0.2) is 24.3 Å². The number of hydrogen-bond acceptors (Lipinski definition) is 2. The molecule has 0 aromatic heterocycles. The van der Waals surface area contributed by atoms with E-state index in [4.69, 9.17) is 0 Å². The summed E-state index contributed by atoms with van der Waals surface area (Å²) in [7, 11) is 0. The summed E-state index contributed by atoms with van der Waals surface area (Å²) >= 11 is 0. The Labute approximate surface area is 106 Å². The lowest BCUT2D eigenvalue weighted by Gasteiger charge is -2.31. The minimum Gasteiger partial charge on any atom is -0.339 e. The van der Waals surface area contributed by atoms with Crippen molar-refractivity contribution in [1.29, 1.82) is 0 Å². The van der Waals surface area contributed by atoms with Crippen LogP contribution < -0.4 is 0 Å². The zero-order chi connectivity index (χ0) is 13.1. The van der Waals surface area contributed by atoms with E-state index in [1.165, 1.54) is 12.1 Å². The minimum atomic E-state index is -0.490. The number of benzene rings is 1. The van der Waals surface area contributed by atoms with Gasteiger partial charge < -0.3 is 4.90 Å². The molecule has 1 aliphatic heterocycles. The molecule has 1 fully saturated rings. The van der Waals surface area contributed by atoms with Gasteiger partial charge in [-0.3, -0.25) is 9.59 Å². The summed E-state index contributed by atoms with van der Waals surface area (Å²) in [5.74, 6) is -0.547. The maximum absolute atomic E-state index is 13.5. The second-order valence-corrected chi connectivity index (χ2v) is 4.66. The van der Waals surface area contributed by atoms with Crippen LogP contribution in [0.25, 0.3) is 0 Å². The smallest absolute Gasteiger partial charge is 0.256 e. The van der Waals surface area contributed by atoms with Crippen LogP contribution in [-0.2, 0) is 4.79 Å². The number of piperidine rings is 1. The molecule has 1 heterocycles. The van der Waals surface area contributed by atoms with Gasteiger partial charge in [0.2, 0.25) is 0 Å². The van der Waals surface area contributed by atoms with Gasteiger partial charge in [0.15, 0.2) is 0 Å². The van der Waals surface area contributed by atoms with E-state index in [0.29, 0.717) is 25.9 Å². The van der Waals surface area contributed by atoms with Crippen LogP contribution in [0.2, 0.25) is 0 Å². The summed E-state index contributed by atoms with van der Waals surface area (Å²) in [5.41, 5.74) is 0.110. The van der Waals surface area contributed by atoms with E-state index in [-0.39, 0.29) is 23.2 Å². The normalized spacial score (nSPS) is 16.7. The molecular weight excluding hydrogens is 233 g/mol. The summed E-state index contributed by atoms with van der Waals surface area (Å²) in [6.45, 7) is 2.63. The molecule has 0 bridgehead atoms. The quantitative estimate of drug-likeness (QED) is 0.806. The molecule has 1 aliphatic rings. The Morgan fingerprint density at radius 1 is 1.22 bits per heavy atom. The van der Waals surface area contributed by atoms with E-state index in [1.54, 1.807) is 24.0 Å². The van der Waals surface area contributed by atoms with Crippen LogP contribution >= 0.6 is 0 Å². The van der Waals surface area contributed by atoms with Gasteiger partial charge in [0.25, 0.3) is 5.91 Å². The Morgan fingerprint density at radius 2 is 1.83 bits per heavy atom. The number of nitrogens with zero attached hydrogens (tertiary/aromatic N) is 1. The SMILES string of the molecule is CC(=O)C1CCN(C(=O)c2ccccc2F)CC1. The van der Waals surface area contributed by atoms with Crippen molar-refractivity contribution < 1.29 is 14.0 Å². The van der Waals surface area contributed by atoms with Gasteiger partial charge >= 0.3 is 0 Å². The second-order valence-electron chi connectivity index (χ2n) is 4.66. The fourth-order valence-electron chi connectivity index (χ4n) is 2.29. The Balaban J connectivity index is 2.04. The van der Waals surface area contributed by atoms with Crippen molar-refractivity contribution in [2.45, 2.75) is 19.8 Å². The first-order valence-corrected chi connectivity index (χ1v) is 6.14. The van der Waals surface area contributed by atoms with Crippen LogP contribution in [0.3, 0.4) is 0 Å². The third-order valence-corrected chi connectivity index (χ3v) is 3.46. The van der Waals surface area contributed by atoms with Gasteiger partial charge in [0, 0.05) is 19.0 Å². The average molecular weight is 249 g/mol. The maximum Gasteiger partial charge on any atom is 0.256 e. The number of carbonyl (C=O) groups excluding carboxylic acids is 2. The number of amides is 1. The van der Waals surface area contributed by atoms with E-state index in [1.807, 2.05) is 0 Å². The highest BCUT2D eigenvalue weighted by atomic mass is 19.1. The molecule has 0 aliphatic carbocycles. The summed E-state index contributed by atoms with van der Waals surface area (Å²) in [6, 6.07) is 6.00. The Bertz CT molecular complexity index is 465. The molecule has 1 aromatic rings. The van der Waals surface area contributed by atoms with Crippen LogP contribution in [0.4, 0.5) is 4.39 Å². The third-order valence-electron chi connectivity index (χ3n) is 3.46. The molecular formula is C14H16FNO2. The van der Waals surface area contributed by atoms with Gasteiger partial charge in [-0.2, -0.15) is 0 Å². The molecule has 0 spiro atoms. The highest BCUT2D eigenvalue weighted by Gasteiger charge is 2.26. The van der Waals surface area contributed by atoms with Crippen molar-refractivity contribution in [3.05, 3.63) is 35.6 Å². The molecule has 0 N–H and O–H groups in total. The number of ketones is 1. The zero-order valence-corrected chi connectivity index (χ0v) is 10.4. The first kappa shape index (κ1) is 12.7. The number of rotatable bonds is 2. The standard InChI is InChI=1S/C14H16FNO2/c1-10(17)11-6-8-16(9-7-11)14(18)12-4-2-3-5-13(12)15/h2-5,11H,6-9H2,1H3. The predicted octanol–water partition coefficient (Wildman–Crippen LogP) is 2.27. The zero-order valence-electron chi connectivity index (χ0n) is 10.4. The number of likely N-dealkylation sites (tertiary alicyclic amines) is 1. The fourth-order valence-corrected chi connectivity index (χ4v) is 2.29. The molecule has 0 saturated carbocycles. The molecule has 2 rings (SSSR count). The maximum atomic E-state index is 13.5. The summed E-state index contributed by atoms with van der Waals surface area (Å²) in [5, 5.41) is 0. The monoisotopic (exact) mass is 249 g/mol. The highest BCUT2D eigenvalue weighted by Crippen LogP contribution is 2.20.